The number of carbonyl (C=O) groups excluding carboxylic acids is 3. The van der Waals surface area contributed by atoms with Crippen molar-refractivity contribution in [3.05, 3.63) is 0 Å². The van der Waals surface area contributed by atoms with Gasteiger partial charge in [0.2, 0.25) is 5.91 Å². The highest BCUT2D eigenvalue weighted by molar-refractivity contribution is 5.88. The van der Waals surface area contributed by atoms with Crippen LogP contribution in [0.3, 0.4) is 0 Å². The predicted octanol–water partition coefficient (Wildman–Crippen LogP) is 3.91. The summed E-state index contributed by atoms with van der Waals surface area (Å²) in [6.07, 6.45) is 10.7. The Hall–Kier alpha value is -1.59. The van der Waals surface area contributed by atoms with Gasteiger partial charge >= 0.3 is 11.9 Å². The van der Waals surface area contributed by atoms with E-state index in [9.17, 15) is 14.4 Å². The Bertz CT molecular complexity index is 398. The average molecular weight is 372 g/mol. The lowest BCUT2D eigenvalue weighted by Crippen LogP contribution is -2.43. The van der Waals surface area contributed by atoms with Crippen molar-refractivity contribution in [1.82, 2.24) is 5.32 Å². The number of unbranched alkanes of at least 4 members (excludes halogenated alkanes) is 8. The van der Waals surface area contributed by atoms with E-state index in [1.165, 1.54) is 38.5 Å². The van der Waals surface area contributed by atoms with Crippen LogP contribution in [0.25, 0.3) is 0 Å². The van der Waals surface area contributed by atoms with Gasteiger partial charge in [-0.05, 0) is 20.3 Å². The molecule has 6 nitrogen and oxygen atoms in total. The number of hydrogen-bond donors (Lipinski definition) is 1. The molecule has 1 amide bonds. The Morgan fingerprint density at radius 3 is 1.85 bits per heavy atom. The van der Waals surface area contributed by atoms with Gasteiger partial charge in [-0.3, -0.25) is 9.59 Å². The van der Waals surface area contributed by atoms with Crippen LogP contribution in [0.5, 0.6) is 0 Å². The summed E-state index contributed by atoms with van der Waals surface area (Å²) in [5.41, 5.74) is 0. The molecular weight excluding hydrogens is 334 g/mol. The lowest BCUT2D eigenvalue weighted by Gasteiger charge is -2.16. The smallest absolute Gasteiger partial charge is 0.329 e. The Balaban J connectivity index is 4.01. The first-order valence-electron chi connectivity index (χ1n) is 10.2. The highest BCUT2D eigenvalue weighted by atomic mass is 16.5. The maximum atomic E-state index is 12.0. The van der Waals surface area contributed by atoms with E-state index in [1.807, 2.05) is 0 Å². The topological polar surface area (TPSA) is 81.7 Å². The normalized spacial score (nSPS) is 11.7. The van der Waals surface area contributed by atoms with E-state index in [2.05, 4.69) is 12.2 Å². The van der Waals surface area contributed by atoms with E-state index < -0.39 is 18.0 Å². The van der Waals surface area contributed by atoms with Gasteiger partial charge in [0, 0.05) is 6.42 Å². The predicted molar refractivity (Wildman–Crippen MR) is 102 cm³/mol. The Labute approximate surface area is 158 Å². The van der Waals surface area contributed by atoms with E-state index in [0.717, 1.165) is 19.3 Å². The third-order valence-corrected chi connectivity index (χ3v) is 4.09. The number of esters is 2. The van der Waals surface area contributed by atoms with E-state index in [4.69, 9.17) is 9.47 Å². The Morgan fingerprint density at radius 2 is 1.31 bits per heavy atom. The summed E-state index contributed by atoms with van der Waals surface area (Å²) in [7, 11) is 0. The molecule has 0 aromatic rings. The molecule has 0 aromatic carbocycles. The number of ether oxygens (including phenoxy) is 2. The number of nitrogens with one attached hydrogen (secondary N) is 1. The van der Waals surface area contributed by atoms with Gasteiger partial charge in [0.05, 0.1) is 19.6 Å². The molecule has 0 fully saturated rings. The van der Waals surface area contributed by atoms with Crippen molar-refractivity contribution in [1.29, 1.82) is 0 Å². The van der Waals surface area contributed by atoms with Crippen molar-refractivity contribution in [3.8, 4) is 0 Å². The molecule has 0 aromatic heterocycles. The van der Waals surface area contributed by atoms with E-state index in [1.54, 1.807) is 13.8 Å². The molecule has 1 N–H and O–H groups in total. The molecule has 0 rings (SSSR count). The zero-order chi connectivity index (χ0) is 19.6. The van der Waals surface area contributed by atoms with Gasteiger partial charge in [-0.25, -0.2) is 4.79 Å². The summed E-state index contributed by atoms with van der Waals surface area (Å²) >= 11 is 0. The third kappa shape index (κ3) is 13.7. The van der Waals surface area contributed by atoms with Crippen molar-refractivity contribution >= 4 is 17.8 Å². The quantitative estimate of drug-likeness (QED) is 0.329. The molecule has 0 spiro atoms. The second-order valence-electron chi connectivity index (χ2n) is 6.46. The van der Waals surface area contributed by atoms with Crippen LogP contribution in [0, 0.1) is 0 Å². The SMILES string of the molecule is CCCCCCCCCCCC(=O)N[C@H](CC(=O)OCC)C(=O)OCC. The molecule has 0 aliphatic carbocycles. The number of rotatable bonds is 16. The molecule has 0 radical (unpaired) electrons. The van der Waals surface area contributed by atoms with Crippen LogP contribution in [-0.2, 0) is 23.9 Å². The largest absolute Gasteiger partial charge is 0.466 e. The average Bonchev–Trinajstić information content (AvgIpc) is 2.60. The van der Waals surface area contributed by atoms with E-state index in [0.29, 0.717) is 6.42 Å². The highest BCUT2D eigenvalue weighted by Gasteiger charge is 2.25. The van der Waals surface area contributed by atoms with Gasteiger partial charge in [0.15, 0.2) is 0 Å². The highest BCUT2D eigenvalue weighted by Crippen LogP contribution is 2.10. The molecule has 0 aliphatic heterocycles. The molecule has 0 bridgehead atoms. The van der Waals surface area contributed by atoms with Crippen molar-refractivity contribution in [2.75, 3.05) is 13.2 Å². The van der Waals surface area contributed by atoms with Gasteiger partial charge in [-0.15, -0.1) is 0 Å². The second-order valence-corrected chi connectivity index (χ2v) is 6.46. The first kappa shape index (κ1) is 24.4. The third-order valence-electron chi connectivity index (χ3n) is 4.09. The zero-order valence-electron chi connectivity index (χ0n) is 16.8. The molecule has 0 saturated heterocycles. The molecule has 6 heteroatoms. The number of amides is 1. The van der Waals surface area contributed by atoms with Gasteiger partial charge in [0.25, 0.3) is 0 Å². The minimum Gasteiger partial charge on any atom is -0.466 e. The maximum Gasteiger partial charge on any atom is 0.329 e. The number of hydrogen-bond acceptors (Lipinski definition) is 5. The van der Waals surface area contributed by atoms with Crippen LogP contribution in [-0.4, -0.2) is 37.1 Å². The molecule has 0 unspecified atom stereocenters. The minimum absolute atomic E-state index is 0.198. The van der Waals surface area contributed by atoms with Gasteiger partial charge in [0.1, 0.15) is 6.04 Å². The molecule has 0 heterocycles. The molecule has 0 aliphatic rings. The Kier molecular flexibility index (Phi) is 15.8. The summed E-state index contributed by atoms with van der Waals surface area (Å²) in [6.45, 7) is 6.03. The summed E-state index contributed by atoms with van der Waals surface area (Å²) in [5.74, 6) is -1.34. The van der Waals surface area contributed by atoms with Gasteiger partial charge in [-0.1, -0.05) is 58.3 Å². The lowest BCUT2D eigenvalue weighted by molar-refractivity contribution is -0.153. The molecular formula is C20H37NO5. The van der Waals surface area contributed by atoms with E-state index in [-0.39, 0.29) is 25.5 Å². The monoisotopic (exact) mass is 371 g/mol. The standard InChI is InChI=1S/C20H37NO5/c1-4-7-8-9-10-11-12-13-14-15-18(22)21-17(20(24)26-6-3)16-19(23)25-5-2/h17H,4-16H2,1-3H3,(H,21,22)/t17-/m1/s1. The maximum absolute atomic E-state index is 12.0. The van der Waals surface area contributed by atoms with E-state index >= 15 is 0 Å². The van der Waals surface area contributed by atoms with Crippen molar-refractivity contribution < 1.29 is 23.9 Å². The summed E-state index contributed by atoms with van der Waals surface area (Å²) in [4.78, 5) is 35.5. The lowest BCUT2D eigenvalue weighted by atomic mass is 10.1. The summed E-state index contributed by atoms with van der Waals surface area (Å²) in [6, 6.07) is -0.972. The fraction of sp³-hybridized carbons (Fsp3) is 0.850. The molecule has 0 saturated carbocycles. The summed E-state index contributed by atoms with van der Waals surface area (Å²) < 4.78 is 9.77. The first-order valence-corrected chi connectivity index (χ1v) is 10.2. The molecule has 152 valence electrons. The van der Waals surface area contributed by atoms with Crippen molar-refractivity contribution in [2.24, 2.45) is 0 Å². The van der Waals surface area contributed by atoms with Crippen LogP contribution in [0.1, 0.15) is 91.4 Å². The second kappa shape index (κ2) is 16.9. The van der Waals surface area contributed by atoms with Crippen LogP contribution in [0.15, 0.2) is 0 Å². The zero-order valence-corrected chi connectivity index (χ0v) is 16.8. The Morgan fingerprint density at radius 1 is 0.769 bits per heavy atom. The minimum atomic E-state index is -0.972. The van der Waals surface area contributed by atoms with Crippen molar-refractivity contribution in [2.45, 2.75) is 97.4 Å². The van der Waals surface area contributed by atoms with Crippen LogP contribution >= 0.6 is 0 Å². The number of carbonyl (C=O) groups is 3. The first-order chi connectivity index (χ1) is 12.5. The van der Waals surface area contributed by atoms with Crippen molar-refractivity contribution in [3.63, 3.8) is 0 Å². The van der Waals surface area contributed by atoms with Crippen LogP contribution in [0.4, 0.5) is 0 Å². The van der Waals surface area contributed by atoms with Crippen LogP contribution in [0.2, 0.25) is 0 Å². The summed E-state index contributed by atoms with van der Waals surface area (Å²) in [5, 5.41) is 2.60. The van der Waals surface area contributed by atoms with Gasteiger partial charge in [-0.2, -0.15) is 0 Å². The van der Waals surface area contributed by atoms with Gasteiger partial charge < -0.3 is 14.8 Å². The fourth-order valence-corrected chi connectivity index (χ4v) is 2.69. The fourth-order valence-electron chi connectivity index (χ4n) is 2.69. The molecule has 26 heavy (non-hydrogen) atoms. The van der Waals surface area contributed by atoms with Crippen LogP contribution < -0.4 is 5.32 Å². The molecule has 1 atom stereocenters.